The molecule has 1 atom stereocenters. The van der Waals surface area contributed by atoms with Crippen LogP contribution in [0, 0.1) is 0 Å². The van der Waals surface area contributed by atoms with Gasteiger partial charge in [-0.1, -0.05) is 6.07 Å². The number of nitrogens with one attached hydrogen (secondary N) is 1. The Morgan fingerprint density at radius 1 is 1.29 bits per heavy atom. The van der Waals surface area contributed by atoms with Crippen molar-refractivity contribution >= 4 is 5.97 Å². The normalized spacial score (nSPS) is 15.7. The summed E-state index contributed by atoms with van der Waals surface area (Å²) in [6, 6.07) is 4.00. The summed E-state index contributed by atoms with van der Waals surface area (Å²) in [5, 5.41) is 3.12. The Labute approximate surface area is 121 Å². The molecule has 0 bridgehead atoms. The second-order valence-electron chi connectivity index (χ2n) is 4.69. The highest BCUT2D eigenvalue weighted by molar-refractivity contribution is 5.78. The molecule has 0 heterocycles. The maximum absolute atomic E-state index is 12.4. The second-order valence-corrected chi connectivity index (χ2v) is 4.69. The SMILES string of the molecule is COC(=O)C(NC1CC1)c1ccc(OC)c(OC(F)F)c1. The smallest absolute Gasteiger partial charge is 0.387 e. The zero-order valence-corrected chi connectivity index (χ0v) is 11.8. The van der Waals surface area contributed by atoms with E-state index in [0.29, 0.717) is 5.56 Å². The number of carbonyl (C=O) groups excluding carboxylic acids is 1. The lowest BCUT2D eigenvalue weighted by atomic mass is 10.1. The highest BCUT2D eigenvalue weighted by atomic mass is 19.3. The van der Waals surface area contributed by atoms with Crippen molar-refractivity contribution in [3.63, 3.8) is 0 Å². The average molecular weight is 301 g/mol. The molecule has 7 heteroatoms. The van der Waals surface area contributed by atoms with Gasteiger partial charge in [-0.05, 0) is 30.5 Å². The molecule has 1 fully saturated rings. The quantitative estimate of drug-likeness (QED) is 0.783. The predicted octanol–water partition coefficient (Wildman–Crippen LogP) is 2.26. The van der Waals surface area contributed by atoms with Gasteiger partial charge in [-0.2, -0.15) is 8.78 Å². The van der Waals surface area contributed by atoms with Crippen molar-refractivity contribution < 1.29 is 27.8 Å². The summed E-state index contributed by atoms with van der Waals surface area (Å²) in [4.78, 5) is 11.9. The number of esters is 1. The van der Waals surface area contributed by atoms with E-state index in [-0.39, 0.29) is 17.5 Å². The van der Waals surface area contributed by atoms with Crippen LogP contribution in [-0.4, -0.2) is 32.8 Å². The van der Waals surface area contributed by atoms with Crippen LogP contribution in [0.5, 0.6) is 11.5 Å². The van der Waals surface area contributed by atoms with E-state index in [1.807, 2.05) is 0 Å². The zero-order chi connectivity index (χ0) is 15.4. The van der Waals surface area contributed by atoms with E-state index in [9.17, 15) is 13.6 Å². The first-order chi connectivity index (χ1) is 10.0. The van der Waals surface area contributed by atoms with Crippen LogP contribution >= 0.6 is 0 Å². The monoisotopic (exact) mass is 301 g/mol. The lowest BCUT2D eigenvalue weighted by molar-refractivity contribution is -0.143. The van der Waals surface area contributed by atoms with Crippen molar-refractivity contribution in [2.75, 3.05) is 14.2 Å². The molecule has 1 aromatic carbocycles. The number of hydrogen-bond acceptors (Lipinski definition) is 5. The van der Waals surface area contributed by atoms with Crippen LogP contribution in [0.4, 0.5) is 8.78 Å². The summed E-state index contributed by atoms with van der Waals surface area (Å²) < 4.78 is 39.0. The second kappa shape index (κ2) is 6.71. The summed E-state index contributed by atoms with van der Waals surface area (Å²) >= 11 is 0. The Bertz CT molecular complexity index is 506. The summed E-state index contributed by atoms with van der Waals surface area (Å²) in [7, 11) is 2.64. The molecule has 0 radical (unpaired) electrons. The number of alkyl halides is 2. The van der Waals surface area contributed by atoms with E-state index in [1.54, 1.807) is 6.07 Å². The van der Waals surface area contributed by atoms with Crippen LogP contribution in [0.1, 0.15) is 24.4 Å². The van der Waals surface area contributed by atoms with Crippen LogP contribution < -0.4 is 14.8 Å². The highest BCUT2D eigenvalue weighted by Crippen LogP contribution is 2.33. The Hall–Kier alpha value is -1.89. The number of ether oxygens (including phenoxy) is 3. The van der Waals surface area contributed by atoms with E-state index in [1.165, 1.54) is 26.4 Å². The first-order valence-corrected chi connectivity index (χ1v) is 6.51. The molecule has 0 saturated heterocycles. The van der Waals surface area contributed by atoms with Gasteiger partial charge in [0.25, 0.3) is 0 Å². The van der Waals surface area contributed by atoms with E-state index in [4.69, 9.17) is 9.47 Å². The summed E-state index contributed by atoms with van der Waals surface area (Å²) in [6.07, 6.45) is 1.95. The number of rotatable bonds is 7. The van der Waals surface area contributed by atoms with Crippen molar-refractivity contribution in [2.45, 2.75) is 31.5 Å². The summed E-state index contributed by atoms with van der Waals surface area (Å²) in [6.45, 7) is -2.97. The van der Waals surface area contributed by atoms with Gasteiger partial charge in [-0.15, -0.1) is 0 Å². The molecule has 21 heavy (non-hydrogen) atoms. The van der Waals surface area contributed by atoms with Gasteiger partial charge >= 0.3 is 12.6 Å². The third-order valence-corrected chi connectivity index (χ3v) is 3.15. The van der Waals surface area contributed by atoms with Crippen molar-refractivity contribution in [2.24, 2.45) is 0 Å². The Balaban J connectivity index is 2.28. The zero-order valence-electron chi connectivity index (χ0n) is 11.8. The van der Waals surface area contributed by atoms with E-state index < -0.39 is 18.6 Å². The fourth-order valence-electron chi connectivity index (χ4n) is 1.96. The fraction of sp³-hybridized carbons (Fsp3) is 0.500. The van der Waals surface area contributed by atoms with Gasteiger partial charge in [0.15, 0.2) is 11.5 Å². The Morgan fingerprint density at radius 2 is 2.00 bits per heavy atom. The maximum Gasteiger partial charge on any atom is 0.387 e. The van der Waals surface area contributed by atoms with Crippen LogP contribution in [0.2, 0.25) is 0 Å². The fourth-order valence-corrected chi connectivity index (χ4v) is 1.96. The molecule has 5 nitrogen and oxygen atoms in total. The number of methoxy groups -OCH3 is 2. The number of benzene rings is 1. The van der Waals surface area contributed by atoms with Gasteiger partial charge in [0.2, 0.25) is 0 Å². The molecule has 1 aromatic rings. The van der Waals surface area contributed by atoms with Crippen LogP contribution in [0.3, 0.4) is 0 Å². The molecule has 116 valence electrons. The lowest BCUT2D eigenvalue weighted by Gasteiger charge is -2.18. The van der Waals surface area contributed by atoms with Crippen LogP contribution in [0.25, 0.3) is 0 Å². The minimum atomic E-state index is -2.97. The number of carbonyl (C=O) groups is 1. The third kappa shape index (κ3) is 4.04. The minimum absolute atomic E-state index is 0.114. The predicted molar refractivity (Wildman–Crippen MR) is 70.5 cm³/mol. The Kier molecular flexibility index (Phi) is 4.95. The number of halogens is 2. The minimum Gasteiger partial charge on any atom is -0.493 e. The molecule has 1 unspecified atom stereocenters. The molecule has 1 aliphatic carbocycles. The van der Waals surface area contributed by atoms with E-state index >= 15 is 0 Å². The molecule has 0 aromatic heterocycles. The van der Waals surface area contributed by atoms with Crippen molar-refractivity contribution in [1.82, 2.24) is 5.32 Å². The van der Waals surface area contributed by atoms with Gasteiger partial charge in [-0.3, -0.25) is 5.32 Å². The Morgan fingerprint density at radius 3 is 2.52 bits per heavy atom. The first kappa shape index (κ1) is 15.5. The molecular weight excluding hydrogens is 284 g/mol. The molecule has 0 spiro atoms. The maximum atomic E-state index is 12.4. The standard InChI is InChI=1S/C14H17F2NO4/c1-19-10-6-3-8(7-11(10)21-14(15)16)12(13(18)20-2)17-9-4-5-9/h3,6-7,9,12,14,17H,4-5H2,1-2H3. The van der Waals surface area contributed by atoms with Crippen molar-refractivity contribution in [3.05, 3.63) is 23.8 Å². The number of hydrogen-bond donors (Lipinski definition) is 1. The van der Waals surface area contributed by atoms with Gasteiger partial charge in [0, 0.05) is 6.04 Å². The topological polar surface area (TPSA) is 56.8 Å². The molecule has 1 aliphatic rings. The highest BCUT2D eigenvalue weighted by Gasteiger charge is 2.30. The van der Waals surface area contributed by atoms with Gasteiger partial charge in [0.1, 0.15) is 6.04 Å². The van der Waals surface area contributed by atoms with Crippen LogP contribution in [-0.2, 0) is 9.53 Å². The van der Waals surface area contributed by atoms with E-state index in [0.717, 1.165) is 12.8 Å². The molecule has 1 N–H and O–H groups in total. The first-order valence-electron chi connectivity index (χ1n) is 6.51. The lowest BCUT2D eigenvalue weighted by Crippen LogP contribution is -2.31. The molecule has 1 saturated carbocycles. The molecule has 0 amide bonds. The van der Waals surface area contributed by atoms with E-state index in [2.05, 4.69) is 10.1 Å². The van der Waals surface area contributed by atoms with Crippen LogP contribution in [0.15, 0.2) is 18.2 Å². The summed E-state index contributed by atoms with van der Waals surface area (Å²) in [5.74, 6) is -0.416. The van der Waals surface area contributed by atoms with Gasteiger partial charge in [-0.25, -0.2) is 4.79 Å². The van der Waals surface area contributed by atoms with Gasteiger partial charge in [0.05, 0.1) is 14.2 Å². The van der Waals surface area contributed by atoms with Crippen molar-refractivity contribution in [1.29, 1.82) is 0 Å². The average Bonchev–Trinajstić information content (AvgIpc) is 3.27. The van der Waals surface area contributed by atoms with Gasteiger partial charge < -0.3 is 14.2 Å². The van der Waals surface area contributed by atoms with Crippen molar-refractivity contribution in [3.8, 4) is 11.5 Å². The summed E-state index contributed by atoms with van der Waals surface area (Å²) in [5.41, 5.74) is 0.491. The largest absolute Gasteiger partial charge is 0.493 e. The molecule has 2 rings (SSSR count). The third-order valence-electron chi connectivity index (χ3n) is 3.15. The molecular formula is C14H17F2NO4. The molecule has 0 aliphatic heterocycles.